The summed E-state index contributed by atoms with van der Waals surface area (Å²) in [6.07, 6.45) is 21.1. The van der Waals surface area contributed by atoms with Gasteiger partial charge in [-0.3, -0.25) is 4.79 Å². The largest absolute Gasteiger partial charge is 0.426 e. The Morgan fingerprint density at radius 1 is 0.697 bits per heavy atom. The Morgan fingerprint density at radius 3 is 1.70 bits per heavy atom. The molecule has 2 nitrogen and oxygen atoms in total. The van der Waals surface area contributed by atoms with Gasteiger partial charge in [0.25, 0.3) is 0 Å². The lowest BCUT2D eigenvalue weighted by Crippen LogP contribution is -2.30. The molecule has 0 heterocycles. The average Bonchev–Trinajstić information content (AvgIpc) is 2.86. The summed E-state index contributed by atoms with van der Waals surface area (Å²) in [5.41, 5.74) is 1.43. The van der Waals surface area contributed by atoms with Gasteiger partial charge in [-0.2, -0.15) is 0 Å². The van der Waals surface area contributed by atoms with E-state index >= 15 is 0 Å². The molecule has 0 spiro atoms. The predicted molar refractivity (Wildman–Crippen MR) is 137 cm³/mol. The maximum atomic E-state index is 12.8. The van der Waals surface area contributed by atoms with Crippen LogP contribution in [0.5, 0.6) is 5.75 Å². The van der Waals surface area contributed by atoms with Crippen LogP contribution in [-0.4, -0.2) is 5.97 Å². The van der Waals surface area contributed by atoms with Crippen LogP contribution < -0.4 is 4.74 Å². The summed E-state index contributed by atoms with van der Waals surface area (Å²) >= 11 is 0. The number of ether oxygens (including phenoxy) is 1. The highest BCUT2D eigenvalue weighted by Gasteiger charge is 2.33. The van der Waals surface area contributed by atoms with E-state index in [1.807, 2.05) is 12.1 Å². The molecule has 3 fully saturated rings. The summed E-state index contributed by atoms with van der Waals surface area (Å²) in [4.78, 5) is 12.8. The lowest BCUT2D eigenvalue weighted by atomic mass is 9.69. The van der Waals surface area contributed by atoms with E-state index in [1.165, 1.54) is 95.5 Å². The molecule has 1 aromatic rings. The van der Waals surface area contributed by atoms with E-state index in [4.69, 9.17) is 4.74 Å². The van der Waals surface area contributed by atoms with Gasteiger partial charge in [-0.1, -0.05) is 64.5 Å². The van der Waals surface area contributed by atoms with Gasteiger partial charge in [0, 0.05) is 0 Å². The minimum Gasteiger partial charge on any atom is -0.426 e. The third-order valence-electron chi connectivity index (χ3n) is 9.47. The predicted octanol–water partition coefficient (Wildman–Crippen LogP) is 9.08. The SMILES string of the molecule is CCCC1CCC([C@H]2CC[C@H](C(=O)Oc3ccc([C@H]4CC[C@H](CCC)CC4)cc3)CC2)CC1. The summed E-state index contributed by atoms with van der Waals surface area (Å²) in [6, 6.07) is 8.48. The molecule has 0 unspecified atom stereocenters. The van der Waals surface area contributed by atoms with Crippen molar-refractivity contribution in [1.29, 1.82) is 0 Å². The molecular formula is C31H48O2. The Bertz CT molecular complexity index is 699. The van der Waals surface area contributed by atoms with Gasteiger partial charge >= 0.3 is 5.97 Å². The van der Waals surface area contributed by atoms with Gasteiger partial charge in [0.15, 0.2) is 0 Å². The maximum absolute atomic E-state index is 12.8. The number of rotatable bonds is 8. The molecule has 0 radical (unpaired) electrons. The summed E-state index contributed by atoms with van der Waals surface area (Å²) in [7, 11) is 0. The Balaban J connectivity index is 1.19. The van der Waals surface area contributed by atoms with Gasteiger partial charge < -0.3 is 4.74 Å². The quantitative estimate of drug-likeness (QED) is 0.290. The number of carbonyl (C=O) groups is 1. The average molecular weight is 453 g/mol. The lowest BCUT2D eigenvalue weighted by molar-refractivity contribution is -0.140. The Labute approximate surface area is 203 Å². The van der Waals surface area contributed by atoms with Crippen LogP contribution in [0.15, 0.2) is 24.3 Å². The molecule has 0 atom stereocenters. The number of benzene rings is 1. The Kier molecular flexibility index (Phi) is 9.33. The molecule has 3 aliphatic carbocycles. The van der Waals surface area contributed by atoms with Crippen molar-refractivity contribution in [2.75, 3.05) is 0 Å². The summed E-state index contributed by atoms with van der Waals surface area (Å²) < 4.78 is 5.83. The van der Waals surface area contributed by atoms with Crippen molar-refractivity contribution in [2.45, 2.75) is 122 Å². The van der Waals surface area contributed by atoms with Gasteiger partial charge in [-0.25, -0.2) is 0 Å². The first-order chi connectivity index (χ1) is 16.2. The van der Waals surface area contributed by atoms with Crippen molar-refractivity contribution >= 4 is 5.97 Å². The topological polar surface area (TPSA) is 26.3 Å². The van der Waals surface area contributed by atoms with Gasteiger partial charge in [0.1, 0.15) is 5.75 Å². The fourth-order valence-corrected chi connectivity index (χ4v) is 7.38. The van der Waals surface area contributed by atoms with E-state index in [1.54, 1.807) is 0 Å². The third kappa shape index (κ3) is 6.86. The van der Waals surface area contributed by atoms with Crippen LogP contribution in [0.4, 0.5) is 0 Å². The minimum atomic E-state index is 0.00734. The molecule has 3 saturated carbocycles. The van der Waals surface area contributed by atoms with Crippen molar-refractivity contribution in [3.8, 4) is 5.75 Å². The zero-order valence-corrected chi connectivity index (χ0v) is 21.4. The standard InChI is InChI=1S/C31H48O2/c1-3-5-23-7-11-25(12-8-23)27-15-17-29(18-16-27)31(32)33-30-21-19-28(20-22-30)26-13-9-24(6-4-2)10-14-26/h19-27,29H,3-18H2,1-2H3/t23?,24-,25?,26-,27-,29-. The number of hydrogen-bond donors (Lipinski definition) is 0. The van der Waals surface area contributed by atoms with Crippen molar-refractivity contribution in [3.05, 3.63) is 29.8 Å². The zero-order valence-electron chi connectivity index (χ0n) is 21.4. The van der Waals surface area contributed by atoms with Crippen LogP contribution in [-0.2, 0) is 4.79 Å². The number of carbonyl (C=O) groups excluding carboxylic acids is 1. The highest BCUT2D eigenvalue weighted by Crippen LogP contribution is 2.42. The molecule has 33 heavy (non-hydrogen) atoms. The molecule has 0 saturated heterocycles. The van der Waals surface area contributed by atoms with Crippen LogP contribution in [0, 0.1) is 29.6 Å². The van der Waals surface area contributed by atoms with Crippen LogP contribution in [0.2, 0.25) is 0 Å². The Morgan fingerprint density at radius 2 is 1.18 bits per heavy atom. The van der Waals surface area contributed by atoms with Crippen molar-refractivity contribution < 1.29 is 9.53 Å². The number of hydrogen-bond acceptors (Lipinski definition) is 2. The number of esters is 1. The van der Waals surface area contributed by atoms with E-state index in [2.05, 4.69) is 26.0 Å². The highest BCUT2D eigenvalue weighted by molar-refractivity contribution is 5.75. The highest BCUT2D eigenvalue weighted by atomic mass is 16.5. The van der Waals surface area contributed by atoms with Gasteiger partial charge in [-0.05, 0) is 111 Å². The molecule has 0 amide bonds. The fourth-order valence-electron chi connectivity index (χ4n) is 7.38. The molecule has 0 aromatic heterocycles. The molecule has 2 heteroatoms. The van der Waals surface area contributed by atoms with E-state index in [0.29, 0.717) is 5.92 Å². The molecule has 1 aromatic carbocycles. The monoisotopic (exact) mass is 452 g/mol. The summed E-state index contributed by atoms with van der Waals surface area (Å²) in [5, 5.41) is 0. The van der Waals surface area contributed by atoms with Crippen molar-refractivity contribution in [3.63, 3.8) is 0 Å². The molecule has 4 rings (SSSR count). The van der Waals surface area contributed by atoms with E-state index in [0.717, 1.165) is 42.3 Å². The van der Waals surface area contributed by atoms with Gasteiger partial charge in [0.05, 0.1) is 5.92 Å². The first-order valence-electron chi connectivity index (χ1n) is 14.5. The van der Waals surface area contributed by atoms with Gasteiger partial charge in [0.2, 0.25) is 0 Å². The molecule has 0 aliphatic heterocycles. The normalized spacial score (nSPS) is 32.9. The maximum Gasteiger partial charge on any atom is 0.314 e. The van der Waals surface area contributed by atoms with Crippen molar-refractivity contribution in [1.82, 2.24) is 0 Å². The lowest BCUT2D eigenvalue weighted by Gasteiger charge is -2.37. The van der Waals surface area contributed by atoms with E-state index < -0.39 is 0 Å². The first kappa shape index (κ1) is 24.8. The second-order valence-electron chi connectivity index (χ2n) is 11.7. The third-order valence-corrected chi connectivity index (χ3v) is 9.47. The first-order valence-corrected chi connectivity index (χ1v) is 14.5. The van der Waals surface area contributed by atoms with Crippen LogP contribution in [0.25, 0.3) is 0 Å². The van der Waals surface area contributed by atoms with E-state index in [-0.39, 0.29) is 11.9 Å². The molecule has 0 N–H and O–H groups in total. The minimum absolute atomic E-state index is 0.00734. The smallest absolute Gasteiger partial charge is 0.314 e. The molecule has 0 bridgehead atoms. The van der Waals surface area contributed by atoms with Crippen LogP contribution in [0.1, 0.15) is 128 Å². The Hall–Kier alpha value is -1.31. The molecule has 184 valence electrons. The van der Waals surface area contributed by atoms with Crippen LogP contribution in [0.3, 0.4) is 0 Å². The molecular weight excluding hydrogens is 404 g/mol. The second-order valence-corrected chi connectivity index (χ2v) is 11.7. The fraction of sp³-hybridized carbons (Fsp3) is 0.774. The van der Waals surface area contributed by atoms with Gasteiger partial charge in [-0.15, -0.1) is 0 Å². The van der Waals surface area contributed by atoms with Crippen molar-refractivity contribution in [2.24, 2.45) is 29.6 Å². The molecule has 3 aliphatic rings. The summed E-state index contributed by atoms with van der Waals surface area (Å²) in [6.45, 7) is 4.62. The van der Waals surface area contributed by atoms with E-state index in [9.17, 15) is 4.79 Å². The van der Waals surface area contributed by atoms with Crippen LogP contribution >= 0.6 is 0 Å². The summed E-state index contributed by atoms with van der Waals surface area (Å²) in [5.74, 6) is 5.23. The second kappa shape index (κ2) is 12.4. The zero-order chi connectivity index (χ0) is 23.0.